The van der Waals surface area contributed by atoms with Gasteiger partial charge in [-0.2, -0.15) is 4.98 Å². The summed E-state index contributed by atoms with van der Waals surface area (Å²) in [6, 6.07) is 10.7. The number of hydrogen-bond acceptors (Lipinski definition) is 4. The number of carbonyl (C=O) groups is 1. The Morgan fingerprint density at radius 3 is 2.67 bits per heavy atom. The van der Waals surface area contributed by atoms with Gasteiger partial charge in [0.05, 0.1) is 11.7 Å². The predicted octanol–water partition coefficient (Wildman–Crippen LogP) is 3.93. The third-order valence-electron chi connectivity index (χ3n) is 5.02. The number of anilines is 1. The molecule has 1 aliphatic carbocycles. The van der Waals surface area contributed by atoms with Crippen molar-refractivity contribution in [3.63, 3.8) is 0 Å². The van der Waals surface area contributed by atoms with E-state index >= 15 is 0 Å². The highest BCUT2D eigenvalue weighted by Crippen LogP contribution is 2.26. The first-order valence-corrected chi connectivity index (χ1v) is 9.60. The van der Waals surface area contributed by atoms with Crippen molar-refractivity contribution in [3.8, 4) is 5.82 Å². The summed E-state index contributed by atoms with van der Waals surface area (Å²) in [6.07, 6.45) is 7.47. The molecule has 4 rings (SSSR count). The highest BCUT2D eigenvalue weighted by molar-refractivity contribution is 6.32. The lowest BCUT2D eigenvalue weighted by atomic mass is 9.91. The molecular weight excluding hydrogens is 362 g/mol. The molecular formula is C20H22ClN5O. The molecule has 27 heavy (non-hydrogen) atoms. The summed E-state index contributed by atoms with van der Waals surface area (Å²) in [6.45, 7) is 1.57. The fourth-order valence-electron chi connectivity index (χ4n) is 3.72. The minimum atomic E-state index is 0.0380. The van der Waals surface area contributed by atoms with Crippen molar-refractivity contribution in [3.05, 3.63) is 47.7 Å². The first-order chi connectivity index (χ1) is 13.1. The zero-order valence-corrected chi connectivity index (χ0v) is 15.9. The standard InChI is InChI=1S/C20H22ClN5O/c1-13(27)23-15-6-8-16(9-7-15)24-20-22-12-17(21)19(25-20)26-11-10-14-4-2-3-5-18(14)26/h2-5,10-12,15-16H,6-9H2,1H3,(H,23,27)(H,22,24,25)/t15-,16-. The van der Waals surface area contributed by atoms with Crippen LogP contribution in [0.4, 0.5) is 5.95 Å². The Bertz CT molecular complexity index is 962. The fourth-order valence-corrected chi connectivity index (χ4v) is 3.90. The van der Waals surface area contributed by atoms with Gasteiger partial charge in [0.25, 0.3) is 0 Å². The van der Waals surface area contributed by atoms with Crippen molar-refractivity contribution < 1.29 is 4.79 Å². The van der Waals surface area contributed by atoms with Crippen LogP contribution in [-0.2, 0) is 4.79 Å². The van der Waals surface area contributed by atoms with Gasteiger partial charge in [-0.05, 0) is 43.2 Å². The Hall–Kier alpha value is -2.60. The number of nitrogens with zero attached hydrogens (tertiary/aromatic N) is 3. The number of aromatic nitrogens is 3. The number of amides is 1. The van der Waals surface area contributed by atoms with E-state index in [9.17, 15) is 4.79 Å². The zero-order chi connectivity index (χ0) is 18.8. The lowest BCUT2D eigenvalue weighted by molar-refractivity contribution is -0.119. The van der Waals surface area contributed by atoms with E-state index in [-0.39, 0.29) is 11.9 Å². The number of halogens is 1. The van der Waals surface area contributed by atoms with Gasteiger partial charge in [-0.15, -0.1) is 0 Å². The van der Waals surface area contributed by atoms with Crippen molar-refractivity contribution in [2.24, 2.45) is 0 Å². The van der Waals surface area contributed by atoms with Gasteiger partial charge in [-0.25, -0.2) is 4.98 Å². The SMILES string of the molecule is CC(=O)N[C@H]1CC[C@H](Nc2ncc(Cl)c(-n3ccc4ccccc43)n2)CC1. The van der Waals surface area contributed by atoms with Gasteiger partial charge in [0.2, 0.25) is 11.9 Å². The van der Waals surface area contributed by atoms with Gasteiger partial charge in [-0.3, -0.25) is 9.36 Å². The van der Waals surface area contributed by atoms with Crippen LogP contribution in [0.5, 0.6) is 0 Å². The molecule has 140 valence electrons. The molecule has 1 saturated carbocycles. The van der Waals surface area contributed by atoms with Gasteiger partial charge >= 0.3 is 0 Å². The van der Waals surface area contributed by atoms with E-state index in [4.69, 9.17) is 11.6 Å². The Labute approximate surface area is 163 Å². The van der Waals surface area contributed by atoms with Crippen LogP contribution in [0.1, 0.15) is 32.6 Å². The summed E-state index contributed by atoms with van der Waals surface area (Å²) in [5.41, 5.74) is 1.06. The van der Waals surface area contributed by atoms with Crippen molar-refractivity contribution >= 4 is 34.4 Å². The molecule has 1 fully saturated rings. The van der Waals surface area contributed by atoms with Gasteiger partial charge in [0, 0.05) is 25.2 Å². The molecule has 2 N–H and O–H groups in total. The second kappa shape index (κ2) is 7.56. The Morgan fingerprint density at radius 2 is 1.89 bits per heavy atom. The molecule has 0 aliphatic heterocycles. The topological polar surface area (TPSA) is 71.8 Å². The molecule has 1 amide bonds. The first kappa shape index (κ1) is 17.8. The minimum absolute atomic E-state index is 0.0380. The van der Waals surface area contributed by atoms with Gasteiger partial charge in [0.1, 0.15) is 5.02 Å². The van der Waals surface area contributed by atoms with E-state index in [1.165, 1.54) is 0 Å². The summed E-state index contributed by atoms with van der Waals surface area (Å²) in [4.78, 5) is 20.2. The number of para-hydroxylation sites is 1. The molecule has 0 spiro atoms. The van der Waals surface area contributed by atoms with Gasteiger partial charge in [0.15, 0.2) is 5.82 Å². The van der Waals surface area contributed by atoms with E-state index in [0.717, 1.165) is 36.6 Å². The smallest absolute Gasteiger partial charge is 0.224 e. The predicted molar refractivity (Wildman–Crippen MR) is 107 cm³/mol. The molecule has 0 unspecified atom stereocenters. The minimum Gasteiger partial charge on any atom is -0.354 e. The van der Waals surface area contributed by atoms with Crippen LogP contribution in [-0.4, -0.2) is 32.5 Å². The molecule has 3 aromatic rings. The summed E-state index contributed by atoms with van der Waals surface area (Å²) in [7, 11) is 0. The molecule has 0 saturated heterocycles. The van der Waals surface area contributed by atoms with Gasteiger partial charge in [-0.1, -0.05) is 29.8 Å². The van der Waals surface area contributed by atoms with Crippen LogP contribution in [0, 0.1) is 0 Å². The number of nitrogens with one attached hydrogen (secondary N) is 2. The van der Waals surface area contributed by atoms with E-state index in [0.29, 0.717) is 22.8 Å². The third kappa shape index (κ3) is 3.90. The lowest BCUT2D eigenvalue weighted by Gasteiger charge is -2.29. The maximum Gasteiger partial charge on any atom is 0.224 e. The van der Waals surface area contributed by atoms with Gasteiger partial charge < -0.3 is 10.6 Å². The fraction of sp³-hybridized carbons (Fsp3) is 0.350. The highest BCUT2D eigenvalue weighted by Gasteiger charge is 2.22. The first-order valence-electron chi connectivity index (χ1n) is 9.23. The highest BCUT2D eigenvalue weighted by atomic mass is 35.5. The van der Waals surface area contributed by atoms with Crippen molar-refractivity contribution in [1.29, 1.82) is 0 Å². The molecule has 0 atom stereocenters. The monoisotopic (exact) mass is 383 g/mol. The molecule has 0 bridgehead atoms. The van der Waals surface area contributed by atoms with Crippen LogP contribution < -0.4 is 10.6 Å². The summed E-state index contributed by atoms with van der Waals surface area (Å²) in [5.74, 6) is 1.29. The molecule has 1 aromatic carbocycles. The van der Waals surface area contributed by atoms with E-state index < -0.39 is 0 Å². The molecule has 6 nitrogen and oxygen atoms in total. The van der Waals surface area contributed by atoms with E-state index in [1.807, 2.05) is 35.0 Å². The Balaban J connectivity index is 1.51. The maximum absolute atomic E-state index is 11.2. The van der Waals surface area contributed by atoms with Crippen LogP contribution in [0.3, 0.4) is 0 Å². The number of hydrogen-bond donors (Lipinski definition) is 2. The number of fused-ring (bicyclic) bond motifs is 1. The van der Waals surface area contributed by atoms with Crippen LogP contribution in [0.15, 0.2) is 42.7 Å². The van der Waals surface area contributed by atoms with Crippen molar-refractivity contribution in [2.45, 2.75) is 44.7 Å². The molecule has 2 aromatic heterocycles. The summed E-state index contributed by atoms with van der Waals surface area (Å²) in [5, 5.41) is 8.07. The zero-order valence-electron chi connectivity index (χ0n) is 15.2. The quantitative estimate of drug-likeness (QED) is 0.716. The van der Waals surface area contributed by atoms with Crippen LogP contribution >= 0.6 is 11.6 Å². The number of carbonyl (C=O) groups excluding carboxylic acids is 1. The molecule has 7 heteroatoms. The Kier molecular flexibility index (Phi) is 4.99. The van der Waals surface area contributed by atoms with Crippen LogP contribution in [0.2, 0.25) is 5.02 Å². The summed E-state index contributed by atoms with van der Waals surface area (Å²) < 4.78 is 1.98. The lowest BCUT2D eigenvalue weighted by Crippen LogP contribution is -2.39. The van der Waals surface area contributed by atoms with E-state index in [1.54, 1.807) is 13.1 Å². The van der Waals surface area contributed by atoms with Crippen molar-refractivity contribution in [2.75, 3.05) is 5.32 Å². The molecule has 1 aliphatic rings. The largest absolute Gasteiger partial charge is 0.354 e. The maximum atomic E-state index is 11.2. The Morgan fingerprint density at radius 1 is 1.15 bits per heavy atom. The average Bonchev–Trinajstić information content (AvgIpc) is 3.08. The third-order valence-corrected chi connectivity index (χ3v) is 5.29. The number of benzene rings is 1. The number of rotatable bonds is 4. The van der Waals surface area contributed by atoms with E-state index in [2.05, 4.69) is 26.7 Å². The van der Waals surface area contributed by atoms with Crippen molar-refractivity contribution in [1.82, 2.24) is 19.9 Å². The normalized spacial score (nSPS) is 19.8. The summed E-state index contributed by atoms with van der Waals surface area (Å²) >= 11 is 6.38. The second-order valence-corrected chi connectivity index (χ2v) is 7.41. The molecule has 0 radical (unpaired) electrons. The second-order valence-electron chi connectivity index (χ2n) is 7.00. The van der Waals surface area contributed by atoms with Crippen LogP contribution in [0.25, 0.3) is 16.7 Å². The average molecular weight is 384 g/mol. The molecule has 2 heterocycles.